The summed E-state index contributed by atoms with van der Waals surface area (Å²) in [6.07, 6.45) is 5.12. The van der Waals surface area contributed by atoms with Gasteiger partial charge in [0.15, 0.2) is 5.65 Å². The molecular weight excluding hydrogens is 589 g/mol. The number of amides is 1. The summed E-state index contributed by atoms with van der Waals surface area (Å²) in [5, 5.41) is 15.3. The molecular formula is C34H38FN7O4. The number of carbonyl (C=O) groups is 2. The van der Waals surface area contributed by atoms with Crippen LogP contribution in [0.5, 0.6) is 5.75 Å². The fourth-order valence-corrected chi connectivity index (χ4v) is 5.85. The van der Waals surface area contributed by atoms with Crippen molar-refractivity contribution in [1.29, 1.82) is 0 Å². The number of halogens is 1. The van der Waals surface area contributed by atoms with Crippen LogP contribution in [0.25, 0.3) is 27.9 Å². The number of anilines is 1. The first-order valence-corrected chi connectivity index (χ1v) is 15.1. The van der Waals surface area contributed by atoms with Crippen molar-refractivity contribution in [2.45, 2.75) is 39.2 Å². The second-order valence-electron chi connectivity index (χ2n) is 11.6. The van der Waals surface area contributed by atoms with Gasteiger partial charge in [0.05, 0.1) is 5.39 Å². The molecule has 0 saturated carbocycles. The number of phenolic OH excluding ortho intramolecular Hbond substituents is 1. The number of carbonyl (C=O) groups excluding carboxylic acids is 2. The van der Waals surface area contributed by atoms with Gasteiger partial charge < -0.3 is 25.4 Å². The molecule has 46 heavy (non-hydrogen) atoms. The predicted octanol–water partition coefficient (Wildman–Crippen LogP) is 4.87. The lowest BCUT2D eigenvalue weighted by atomic mass is 9.88. The summed E-state index contributed by atoms with van der Waals surface area (Å²) in [5.74, 6) is -0.387. The lowest BCUT2D eigenvalue weighted by Crippen LogP contribution is -2.35. The van der Waals surface area contributed by atoms with Gasteiger partial charge in [-0.3, -0.25) is 9.59 Å². The Labute approximate surface area is 266 Å². The third-order valence-electron chi connectivity index (χ3n) is 8.14. The minimum atomic E-state index is -0.709. The maximum Gasteiger partial charge on any atom is 0.298 e. The van der Waals surface area contributed by atoms with E-state index in [-0.39, 0.29) is 28.7 Å². The van der Waals surface area contributed by atoms with Gasteiger partial charge in [-0.25, -0.2) is 19.0 Å². The van der Waals surface area contributed by atoms with Crippen molar-refractivity contribution in [2.24, 2.45) is 0 Å². The molecule has 0 fully saturated rings. The Hall–Kier alpha value is -5.10. The van der Waals surface area contributed by atoms with Gasteiger partial charge in [0.2, 0.25) is 5.91 Å². The maximum atomic E-state index is 14.4. The lowest BCUT2D eigenvalue weighted by molar-refractivity contribution is -0.131. The number of rotatable bonds is 11. The largest absolute Gasteiger partial charge is 0.508 e. The summed E-state index contributed by atoms with van der Waals surface area (Å²) in [4.78, 5) is 37.5. The van der Waals surface area contributed by atoms with Gasteiger partial charge in [-0.15, -0.1) is 0 Å². The molecule has 0 radical (unpaired) electrons. The Bertz CT molecular complexity index is 1810. The van der Waals surface area contributed by atoms with Crippen molar-refractivity contribution in [2.75, 3.05) is 39.5 Å². The third kappa shape index (κ3) is 6.76. The summed E-state index contributed by atoms with van der Waals surface area (Å²) >= 11 is 0. The number of ether oxygens (including phenoxy) is 1. The average Bonchev–Trinajstić information content (AvgIpc) is 3.42. The molecule has 1 atom stereocenters. The maximum absolute atomic E-state index is 14.4. The Morgan fingerprint density at radius 3 is 2.67 bits per heavy atom. The second-order valence-corrected chi connectivity index (χ2v) is 11.6. The quantitative estimate of drug-likeness (QED) is 0.176. The minimum absolute atomic E-state index is 0.104. The number of nitrogens with zero attached hydrogens (tertiary/aromatic N) is 6. The number of allylic oxidation sites excluding steroid dienone is 2. The number of hydrogen-bond donors (Lipinski definition) is 2. The smallest absolute Gasteiger partial charge is 0.298 e. The second kappa shape index (κ2) is 13.9. The standard InChI is InChI=1S/C34H38FN7O4/c1-21-8-5-6-9-27(21)29(23-11-14-41(15-12-23)28(45)10-7-13-40(3)4)32(46-20-43)22(2)42-34-30(33(36)37-19-38-34)31(39-42)24-16-25(35)18-26(44)17-24/h5-6,8-9,11,16-20,22,44H,7,10,12-15H2,1-4H3,(H2,36,37,38)/b32-29-. The molecule has 2 aromatic heterocycles. The topological polar surface area (TPSA) is 140 Å². The number of phenols is 1. The van der Waals surface area contributed by atoms with E-state index >= 15 is 0 Å². The highest BCUT2D eigenvalue weighted by atomic mass is 19.1. The normalized spacial score (nSPS) is 14.7. The first-order valence-electron chi connectivity index (χ1n) is 15.1. The average molecular weight is 628 g/mol. The molecule has 240 valence electrons. The highest BCUT2D eigenvalue weighted by Gasteiger charge is 2.29. The first kappa shape index (κ1) is 32.3. The van der Waals surface area contributed by atoms with Crippen LogP contribution in [0, 0.1) is 12.7 Å². The number of aromatic nitrogens is 4. The molecule has 3 heterocycles. The molecule has 0 aliphatic carbocycles. The fraction of sp³-hybridized carbons (Fsp3) is 0.324. The van der Waals surface area contributed by atoms with Crippen LogP contribution in [0.15, 0.2) is 66.2 Å². The van der Waals surface area contributed by atoms with Crippen LogP contribution >= 0.6 is 0 Å². The van der Waals surface area contributed by atoms with E-state index < -0.39 is 11.9 Å². The summed E-state index contributed by atoms with van der Waals surface area (Å²) in [7, 11) is 3.97. The monoisotopic (exact) mass is 627 g/mol. The minimum Gasteiger partial charge on any atom is -0.508 e. The number of hydrogen-bond acceptors (Lipinski definition) is 9. The van der Waals surface area contributed by atoms with Gasteiger partial charge in [0.1, 0.15) is 41.2 Å². The summed E-state index contributed by atoms with van der Waals surface area (Å²) < 4.78 is 21.7. The van der Waals surface area contributed by atoms with E-state index in [1.165, 1.54) is 18.5 Å². The third-order valence-corrected chi connectivity index (χ3v) is 8.14. The van der Waals surface area contributed by atoms with Crippen molar-refractivity contribution >= 4 is 34.8 Å². The number of aromatic hydroxyl groups is 1. The highest BCUT2D eigenvalue weighted by Crippen LogP contribution is 2.40. The highest BCUT2D eigenvalue weighted by molar-refractivity contribution is 5.98. The van der Waals surface area contributed by atoms with Gasteiger partial charge in [0.25, 0.3) is 6.47 Å². The Morgan fingerprint density at radius 2 is 2.00 bits per heavy atom. The Morgan fingerprint density at radius 1 is 1.22 bits per heavy atom. The van der Waals surface area contributed by atoms with Crippen LogP contribution in [-0.4, -0.2) is 80.8 Å². The molecule has 0 spiro atoms. The van der Waals surface area contributed by atoms with Gasteiger partial charge in [0, 0.05) is 36.7 Å². The summed E-state index contributed by atoms with van der Waals surface area (Å²) in [5.41, 5.74) is 10.6. The van der Waals surface area contributed by atoms with Crippen LogP contribution in [0.4, 0.5) is 10.2 Å². The predicted molar refractivity (Wildman–Crippen MR) is 174 cm³/mol. The van der Waals surface area contributed by atoms with Crippen molar-refractivity contribution < 1.29 is 23.8 Å². The van der Waals surface area contributed by atoms with Gasteiger partial charge in [-0.05, 0) is 76.2 Å². The van der Waals surface area contributed by atoms with E-state index in [0.29, 0.717) is 54.8 Å². The molecule has 5 rings (SSSR count). The molecule has 1 unspecified atom stereocenters. The van der Waals surface area contributed by atoms with Crippen LogP contribution in [0.1, 0.15) is 43.4 Å². The van der Waals surface area contributed by atoms with Gasteiger partial charge in [-0.2, -0.15) is 5.10 Å². The number of benzene rings is 2. The zero-order valence-electron chi connectivity index (χ0n) is 26.4. The molecule has 12 heteroatoms. The summed E-state index contributed by atoms with van der Waals surface area (Å²) in [6, 6.07) is 10.7. The Balaban J connectivity index is 1.63. The molecule has 0 bridgehead atoms. The van der Waals surface area contributed by atoms with Crippen LogP contribution in [0.2, 0.25) is 0 Å². The number of nitrogens with two attached hydrogens (primary N) is 1. The molecule has 11 nitrogen and oxygen atoms in total. The molecule has 1 amide bonds. The van der Waals surface area contributed by atoms with E-state index in [0.717, 1.165) is 35.7 Å². The van der Waals surface area contributed by atoms with E-state index in [4.69, 9.17) is 15.6 Å². The van der Waals surface area contributed by atoms with Crippen LogP contribution in [0.3, 0.4) is 0 Å². The fourth-order valence-electron chi connectivity index (χ4n) is 5.85. The summed E-state index contributed by atoms with van der Waals surface area (Å²) in [6.45, 7) is 5.97. The van der Waals surface area contributed by atoms with Crippen molar-refractivity contribution in [3.8, 4) is 17.0 Å². The SMILES string of the molecule is Cc1ccccc1/C(C1=CCN(C(=O)CCCN(C)C)CC1)=C(\OC=O)C(C)n1nc(-c2cc(O)cc(F)c2)c2c(N)ncnc21. The van der Waals surface area contributed by atoms with Gasteiger partial charge >= 0.3 is 0 Å². The van der Waals surface area contributed by atoms with Crippen LogP contribution < -0.4 is 5.73 Å². The number of nitrogen functional groups attached to an aromatic ring is 1. The number of fused-ring (bicyclic) bond motifs is 1. The van der Waals surface area contributed by atoms with E-state index in [1.807, 2.05) is 63.2 Å². The number of aryl methyl sites for hydroxylation is 1. The van der Waals surface area contributed by atoms with Crippen molar-refractivity contribution in [1.82, 2.24) is 29.5 Å². The van der Waals surface area contributed by atoms with E-state index in [9.17, 15) is 19.1 Å². The molecule has 2 aromatic carbocycles. The molecule has 4 aromatic rings. The van der Waals surface area contributed by atoms with Crippen LogP contribution in [-0.2, 0) is 14.3 Å². The van der Waals surface area contributed by atoms with E-state index in [2.05, 4.69) is 14.9 Å². The lowest BCUT2D eigenvalue weighted by Gasteiger charge is -2.30. The van der Waals surface area contributed by atoms with Crippen molar-refractivity contribution in [3.63, 3.8) is 0 Å². The zero-order valence-corrected chi connectivity index (χ0v) is 26.4. The zero-order chi connectivity index (χ0) is 33.0. The molecule has 1 aliphatic rings. The Kier molecular flexibility index (Phi) is 9.76. The molecule has 3 N–H and O–H groups in total. The van der Waals surface area contributed by atoms with E-state index in [1.54, 1.807) is 4.68 Å². The first-order chi connectivity index (χ1) is 22.1. The molecule has 0 saturated heterocycles. The van der Waals surface area contributed by atoms with Gasteiger partial charge in [-0.1, -0.05) is 30.3 Å². The molecule has 1 aliphatic heterocycles. The van der Waals surface area contributed by atoms with Crippen molar-refractivity contribution in [3.05, 3.63) is 83.1 Å².